The average molecular weight is 792 g/mol. The Bertz CT molecular complexity index is 832. The molecule has 332 valence electrons. The lowest BCUT2D eigenvalue weighted by Crippen LogP contribution is -2.45. The Morgan fingerprint density at radius 2 is 0.821 bits per heavy atom. The van der Waals surface area contributed by atoms with Crippen LogP contribution in [0.2, 0.25) is 0 Å². The fourth-order valence-corrected chi connectivity index (χ4v) is 7.69. The van der Waals surface area contributed by atoms with Crippen molar-refractivity contribution in [1.82, 2.24) is 5.32 Å². The number of aliphatic hydroxyl groups is 2. The highest BCUT2D eigenvalue weighted by atomic mass is 16.5. The van der Waals surface area contributed by atoms with E-state index in [0.29, 0.717) is 19.4 Å². The van der Waals surface area contributed by atoms with Gasteiger partial charge in [-0.3, -0.25) is 9.59 Å². The van der Waals surface area contributed by atoms with Gasteiger partial charge in [0.15, 0.2) is 0 Å². The van der Waals surface area contributed by atoms with E-state index >= 15 is 0 Å². The third-order valence-electron chi connectivity index (χ3n) is 11.6. The first-order valence-electron chi connectivity index (χ1n) is 25.0. The summed E-state index contributed by atoms with van der Waals surface area (Å²) < 4.78 is 5.46. The van der Waals surface area contributed by atoms with Crippen molar-refractivity contribution in [3.05, 3.63) is 12.2 Å². The summed E-state index contributed by atoms with van der Waals surface area (Å²) in [6.07, 6.45) is 52.0. The molecule has 0 radical (unpaired) electrons. The molecule has 3 N–H and O–H groups in total. The molecule has 0 spiro atoms. The number of unbranched alkanes of at least 4 members (excludes halogenated alkanes) is 35. The maximum absolute atomic E-state index is 12.4. The van der Waals surface area contributed by atoms with Crippen molar-refractivity contribution in [2.24, 2.45) is 0 Å². The lowest BCUT2D eigenvalue weighted by Gasteiger charge is -2.20. The first-order valence-corrected chi connectivity index (χ1v) is 25.0. The van der Waals surface area contributed by atoms with E-state index in [9.17, 15) is 19.8 Å². The van der Waals surface area contributed by atoms with Gasteiger partial charge in [-0.25, -0.2) is 0 Å². The number of hydrogen-bond donors (Lipinski definition) is 3. The molecule has 0 heterocycles. The molecule has 0 aromatic rings. The Hall–Kier alpha value is -1.40. The fraction of sp³-hybridized carbons (Fsp3) is 0.920. The molecule has 0 aromatic heterocycles. The van der Waals surface area contributed by atoms with Gasteiger partial charge in [0.25, 0.3) is 0 Å². The van der Waals surface area contributed by atoms with Crippen LogP contribution in [0.1, 0.15) is 271 Å². The van der Waals surface area contributed by atoms with Crippen molar-refractivity contribution in [2.75, 3.05) is 13.2 Å². The van der Waals surface area contributed by atoms with Crippen molar-refractivity contribution < 1.29 is 24.5 Å². The summed E-state index contributed by atoms with van der Waals surface area (Å²) in [5, 5.41) is 22.9. The number of amides is 1. The molecule has 2 unspecified atom stereocenters. The Balaban J connectivity index is 3.44. The monoisotopic (exact) mass is 792 g/mol. The zero-order valence-electron chi connectivity index (χ0n) is 37.6. The van der Waals surface area contributed by atoms with Crippen LogP contribution in [0.5, 0.6) is 0 Å². The highest BCUT2D eigenvalue weighted by Gasteiger charge is 2.18. The number of rotatable bonds is 46. The van der Waals surface area contributed by atoms with E-state index in [0.717, 1.165) is 57.8 Å². The SMILES string of the molecule is CCCCCCCCCCC/C=C/C(O)C(CO)NC(=O)CCCCCCCCCCCCCCCCOC(=O)CCCCCCCCCCCCCCCC. The summed E-state index contributed by atoms with van der Waals surface area (Å²) in [5.74, 6) is -0.0807. The first kappa shape index (κ1) is 54.6. The van der Waals surface area contributed by atoms with Gasteiger partial charge >= 0.3 is 5.97 Å². The highest BCUT2D eigenvalue weighted by Crippen LogP contribution is 2.16. The number of allylic oxidation sites excluding steroid dienone is 1. The molecule has 6 nitrogen and oxygen atoms in total. The molecular weight excluding hydrogens is 695 g/mol. The normalized spacial score (nSPS) is 12.7. The summed E-state index contributed by atoms with van der Waals surface area (Å²) >= 11 is 0. The molecular formula is C50H97NO5. The van der Waals surface area contributed by atoms with Gasteiger partial charge in [0.2, 0.25) is 5.91 Å². The van der Waals surface area contributed by atoms with Crippen LogP contribution in [-0.2, 0) is 14.3 Å². The lowest BCUT2D eigenvalue weighted by molar-refractivity contribution is -0.143. The predicted molar refractivity (Wildman–Crippen MR) is 241 cm³/mol. The molecule has 0 aliphatic heterocycles. The van der Waals surface area contributed by atoms with E-state index in [1.165, 1.54) is 186 Å². The largest absolute Gasteiger partial charge is 0.466 e. The summed E-state index contributed by atoms with van der Waals surface area (Å²) in [6.45, 7) is 4.87. The van der Waals surface area contributed by atoms with Crippen molar-refractivity contribution in [3.63, 3.8) is 0 Å². The van der Waals surface area contributed by atoms with Crippen LogP contribution < -0.4 is 5.32 Å². The number of aliphatic hydroxyl groups excluding tert-OH is 2. The molecule has 0 aromatic carbocycles. The number of carbonyl (C=O) groups is 2. The smallest absolute Gasteiger partial charge is 0.305 e. The van der Waals surface area contributed by atoms with Gasteiger partial charge in [0, 0.05) is 12.8 Å². The molecule has 0 saturated heterocycles. The van der Waals surface area contributed by atoms with Crippen molar-refractivity contribution in [3.8, 4) is 0 Å². The average Bonchev–Trinajstić information content (AvgIpc) is 3.20. The number of ether oxygens (including phenoxy) is 1. The number of nitrogens with one attached hydrogen (secondary N) is 1. The molecule has 2 atom stereocenters. The van der Waals surface area contributed by atoms with Crippen LogP contribution in [-0.4, -0.2) is 47.4 Å². The van der Waals surface area contributed by atoms with Gasteiger partial charge in [-0.05, 0) is 32.1 Å². The fourth-order valence-electron chi connectivity index (χ4n) is 7.69. The molecule has 0 aliphatic carbocycles. The van der Waals surface area contributed by atoms with E-state index in [-0.39, 0.29) is 18.5 Å². The van der Waals surface area contributed by atoms with Gasteiger partial charge in [0.1, 0.15) is 0 Å². The molecule has 0 bridgehead atoms. The third-order valence-corrected chi connectivity index (χ3v) is 11.6. The number of hydrogen-bond acceptors (Lipinski definition) is 5. The highest BCUT2D eigenvalue weighted by molar-refractivity contribution is 5.76. The summed E-state index contributed by atoms with van der Waals surface area (Å²) in [4.78, 5) is 24.4. The predicted octanol–water partition coefficient (Wildman–Crippen LogP) is 14.6. The minimum Gasteiger partial charge on any atom is -0.466 e. The number of esters is 1. The molecule has 56 heavy (non-hydrogen) atoms. The summed E-state index contributed by atoms with van der Waals surface area (Å²) in [5.41, 5.74) is 0. The van der Waals surface area contributed by atoms with Crippen LogP contribution in [0, 0.1) is 0 Å². The van der Waals surface area contributed by atoms with Gasteiger partial charge in [0.05, 0.1) is 25.4 Å². The Labute approximate surface area is 349 Å². The first-order chi connectivity index (χ1) is 27.5. The van der Waals surface area contributed by atoms with Crippen LogP contribution in [0.25, 0.3) is 0 Å². The van der Waals surface area contributed by atoms with Gasteiger partial charge < -0.3 is 20.3 Å². The zero-order chi connectivity index (χ0) is 40.8. The lowest BCUT2D eigenvalue weighted by atomic mass is 10.0. The van der Waals surface area contributed by atoms with Crippen molar-refractivity contribution in [1.29, 1.82) is 0 Å². The van der Waals surface area contributed by atoms with Gasteiger partial charge in [-0.1, -0.05) is 238 Å². The standard InChI is InChI=1S/C50H97NO5/c1-3-5-7-9-11-13-15-16-20-24-28-32-36-40-44-50(55)56-45-41-37-33-29-25-21-18-17-19-23-27-31-35-39-43-49(54)51-47(46-52)48(53)42-38-34-30-26-22-14-12-10-8-6-4-2/h38,42,47-48,52-53H,3-37,39-41,43-46H2,1-2H3,(H,51,54)/b42-38+. The molecule has 0 fully saturated rings. The van der Waals surface area contributed by atoms with Crippen LogP contribution >= 0.6 is 0 Å². The molecule has 0 saturated carbocycles. The summed E-state index contributed by atoms with van der Waals surface area (Å²) in [7, 11) is 0. The Morgan fingerprint density at radius 1 is 0.482 bits per heavy atom. The molecule has 6 heteroatoms. The quantitative estimate of drug-likeness (QED) is 0.0324. The minimum absolute atomic E-state index is 0.00147. The second-order valence-corrected chi connectivity index (χ2v) is 17.2. The topological polar surface area (TPSA) is 95.9 Å². The van der Waals surface area contributed by atoms with Crippen molar-refractivity contribution in [2.45, 2.75) is 283 Å². The van der Waals surface area contributed by atoms with E-state index in [2.05, 4.69) is 19.2 Å². The third kappa shape index (κ3) is 42.2. The van der Waals surface area contributed by atoms with Crippen LogP contribution in [0.4, 0.5) is 0 Å². The minimum atomic E-state index is -0.848. The number of carbonyl (C=O) groups excluding carboxylic acids is 2. The van der Waals surface area contributed by atoms with E-state index in [1.54, 1.807) is 6.08 Å². The Morgan fingerprint density at radius 3 is 1.21 bits per heavy atom. The molecule has 1 amide bonds. The van der Waals surface area contributed by atoms with Gasteiger partial charge in [-0.15, -0.1) is 0 Å². The zero-order valence-corrected chi connectivity index (χ0v) is 37.6. The second-order valence-electron chi connectivity index (χ2n) is 17.2. The van der Waals surface area contributed by atoms with Gasteiger partial charge in [-0.2, -0.15) is 0 Å². The maximum atomic E-state index is 12.4. The van der Waals surface area contributed by atoms with Crippen LogP contribution in [0.15, 0.2) is 12.2 Å². The second kappa shape index (κ2) is 46.3. The van der Waals surface area contributed by atoms with E-state index in [4.69, 9.17) is 4.74 Å². The van der Waals surface area contributed by atoms with E-state index < -0.39 is 12.1 Å². The Kier molecular flexibility index (Phi) is 45.1. The summed E-state index contributed by atoms with van der Waals surface area (Å²) in [6, 6.07) is -0.633. The maximum Gasteiger partial charge on any atom is 0.305 e. The van der Waals surface area contributed by atoms with E-state index in [1.807, 2.05) is 6.08 Å². The van der Waals surface area contributed by atoms with Crippen LogP contribution in [0.3, 0.4) is 0 Å². The van der Waals surface area contributed by atoms with Crippen molar-refractivity contribution >= 4 is 11.9 Å². The molecule has 0 aliphatic rings. The molecule has 0 rings (SSSR count).